The van der Waals surface area contributed by atoms with Gasteiger partial charge in [-0.3, -0.25) is 4.79 Å². The normalized spacial score (nSPS) is 12.0. The molecule has 22 heavy (non-hydrogen) atoms. The van der Waals surface area contributed by atoms with Gasteiger partial charge in [-0.1, -0.05) is 18.2 Å². The van der Waals surface area contributed by atoms with E-state index in [0.717, 1.165) is 16.1 Å². The van der Waals surface area contributed by atoms with Crippen molar-refractivity contribution in [2.24, 2.45) is 0 Å². The first-order chi connectivity index (χ1) is 10.3. The number of carbonyl (C=O) groups is 2. The van der Waals surface area contributed by atoms with Gasteiger partial charge in [-0.05, 0) is 44.4 Å². The first kappa shape index (κ1) is 16.2. The second kappa shape index (κ2) is 6.27. The Kier molecular flexibility index (Phi) is 4.61. The van der Waals surface area contributed by atoms with E-state index in [1.165, 1.54) is 11.3 Å². The predicted octanol–water partition coefficient (Wildman–Crippen LogP) is 2.93. The highest BCUT2D eigenvalue weighted by molar-refractivity contribution is 7.13. The molecule has 116 valence electrons. The monoisotopic (exact) mass is 318 g/mol. The number of carbonyl (C=O) groups excluding carboxylic acids is 1. The minimum absolute atomic E-state index is 0.406. The Hall–Kier alpha value is -2.21. The summed E-state index contributed by atoms with van der Waals surface area (Å²) in [6, 6.07) is 4.36. The smallest absolute Gasteiger partial charge is 0.330 e. The van der Waals surface area contributed by atoms with Crippen LogP contribution in [-0.4, -0.2) is 22.0 Å². The summed E-state index contributed by atoms with van der Waals surface area (Å²) in [7, 11) is 0. The van der Waals surface area contributed by atoms with Crippen LogP contribution in [0.5, 0.6) is 0 Å². The Morgan fingerprint density at radius 2 is 1.91 bits per heavy atom. The quantitative estimate of drug-likeness (QED) is 0.908. The number of rotatable bonds is 4. The van der Waals surface area contributed by atoms with Gasteiger partial charge in [-0.15, -0.1) is 11.3 Å². The highest BCUT2D eigenvalue weighted by Gasteiger charge is 2.26. The Morgan fingerprint density at radius 3 is 2.45 bits per heavy atom. The van der Waals surface area contributed by atoms with Gasteiger partial charge in [0.1, 0.15) is 4.88 Å². The van der Waals surface area contributed by atoms with Crippen LogP contribution >= 0.6 is 11.3 Å². The number of carboxylic acid groups (broad SMARTS) is 1. The molecule has 0 radical (unpaired) electrons. The topological polar surface area (TPSA) is 79.3 Å². The summed E-state index contributed by atoms with van der Waals surface area (Å²) >= 11 is 1.26. The minimum Gasteiger partial charge on any atom is -0.479 e. The van der Waals surface area contributed by atoms with Gasteiger partial charge in [-0.25, -0.2) is 9.78 Å². The predicted molar refractivity (Wildman–Crippen MR) is 85.3 cm³/mol. The molecular formula is C16H18N2O3S. The number of hydrogen-bond acceptors (Lipinski definition) is 4. The molecule has 2 N–H and O–H groups in total. The van der Waals surface area contributed by atoms with Gasteiger partial charge in [0.05, 0.1) is 10.7 Å². The van der Waals surface area contributed by atoms with Gasteiger partial charge < -0.3 is 10.4 Å². The SMILES string of the molecule is Cc1nc(C)c(C(=O)NC(C(=O)O)c2cccc(C)c2C)s1. The van der Waals surface area contributed by atoms with E-state index in [2.05, 4.69) is 10.3 Å². The molecule has 0 aliphatic rings. The first-order valence-electron chi connectivity index (χ1n) is 6.85. The highest BCUT2D eigenvalue weighted by Crippen LogP contribution is 2.23. The second-order valence-corrected chi connectivity index (χ2v) is 6.38. The van der Waals surface area contributed by atoms with Crippen LogP contribution in [0.2, 0.25) is 0 Å². The summed E-state index contributed by atoms with van der Waals surface area (Å²) in [4.78, 5) is 28.6. The second-order valence-electron chi connectivity index (χ2n) is 5.18. The van der Waals surface area contributed by atoms with E-state index in [0.29, 0.717) is 16.1 Å². The van der Waals surface area contributed by atoms with Crippen LogP contribution in [0.4, 0.5) is 0 Å². The molecule has 0 aliphatic carbocycles. The van der Waals surface area contributed by atoms with E-state index < -0.39 is 17.9 Å². The lowest BCUT2D eigenvalue weighted by atomic mass is 9.97. The minimum atomic E-state index is -1.08. The molecule has 1 aromatic carbocycles. The number of aromatic nitrogens is 1. The van der Waals surface area contributed by atoms with Gasteiger partial charge in [0.25, 0.3) is 5.91 Å². The van der Waals surface area contributed by atoms with Crippen LogP contribution in [-0.2, 0) is 4.79 Å². The van der Waals surface area contributed by atoms with Crippen molar-refractivity contribution >= 4 is 23.2 Å². The number of nitrogens with zero attached hydrogens (tertiary/aromatic N) is 1. The Labute approximate surface area is 133 Å². The zero-order chi connectivity index (χ0) is 16.4. The molecule has 0 bridgehead atoms. The number of amides is 1. The van der Waals surface area contributed by atoms with Crippen LogP contribution in [0.15, 0.2) is 18.2 Å². The van der Waals surface area contributed by atoms with Crippen LogP contribution in [0.1, 0.15) is 43.1 Å². The van der Waals surface area contributed by atoms with Crippen molar-refractivity contribution in [3.8, 4) is 0 Å². The summed E-state index contributed by atoms with van der Waals surface area (Å²) in [5, 5.41) is 12.9. The lowest BCUT2D eigenvalue weighted by Crippen LogP contribution is -2.34. The maximum atomic E-state index is 12.4. The number of hydrogen-bond donors (Lipinski definition) is 2. The van der Waals surface area contributed by atoms with Crippen molar-refractivity contribution in [2.45, 2.75) is 33.7 Å². The molecule has 2 rings (SSSR count). The molecule has 0 aliphatic heterocycles. The van der Waals surface area contributed by atoms with Gasteiger partial charge in [0.15, 0.2) is 6.04 Å². The Balaban J connectivity index is 2.34. The third kappa shape index (κ3) is 3.17. The molecule has 6 heteroatoms. The number of thiazole rings is 1. The van der Waals surface area contributed by atoms with E-state index in [1.807, 2.05) is 26.8 Å². The van der Waals surface area contributed by atoms with Gasteiger partial charge in [-0.2, -0.15) is 0 Å². The lowest BCUT2D eigenvalue weighted by molar-refractivity contribution is -0.139. The van der Waals surface area contributed by atoms with Gasteiger partial charge in [0, 0.05) is 0 Å². The number of benzene rings is 1. The standard InChI is InChI=1S/C16H18N2O3S/c1-8-6-5-7-12(9(8)2)13(16(20)21)18-15(19)14-10(3)17-11(4)22-14/h5-7,13H,1-4H3,(H,18,19)(H,20,21). The fraction of sp³-hybridized carbons (Fsp3) is 0.312. The van der Waals surface area contributed by atoms with Crippen molar-refractivity contribution in [3.63, 3.8) is 0 Å². The summed E-state index contributed by atoms with van der Waals surface area (Å²) in [6.07, 6.45) is 0. The lowest BCUT2D eigenvalue weighted by Gasteiger charge is -2.18. The Bertz CT molecular complexity index is 737. The number of nitrogens with one attached hydrogen (secondary N) is 1. The van der Waals surface area contributed by atoms with Crippen LogP contribution in [0.3, 0.4) is 0 Å². The molecule has 0 saturated heterocycles. The fourth-order valence-corrected chi connectivity index (χ4v) is 3.12. The molecule has 1 amide bonds. The molecule has 1 atom stereocenters. The van der Waals surface area contributed by atoms with Crippen LogP contribution in [0, 0.1) is 27.7 Å². The molecule has 1 heterocycles. The van der Waals surface area contributed by atoms with Crippen molar-refractivity contribution in [1.82, 2.24) is 10.3 Å². The molecule has 0 fully saturated rings. The summed E-state index contributed by atoms with van der Waals surface area (Å²) < 4.78 is 0. The van der Waals surface area contributed by atoms with Crippen molar-refractivity contribution < 1.29 is 14.7 Å². The van der Waals surface area contributed by atoms with E-state index in [-0.39, 0.29) is 0 Å². The molecule has 2 aromatic rings. The molecule has 1 aromatic heterocycles. The maximum Gasteiger partial charge on any atom is 0.330 e. The van der Waals surface area contributed by atoms with E-state index in [1.54, 1.807) is 19.1 Å². The molecular weight excluding hydrogens is 300 g/mol. The zero-order valence-corrected chi connectivity index (χ0v) is 13.7. The third-order valence-corrected chi connectivity index (χ3v) is 4.66. The van der Waals surface area contributed by atoms with E-state index >= 15 is 0 Å². The highest BCUT2D eigenvalue weighted by atomic mass is 32.1. The summed E-state index contributed by atoms with van der Waals surface area (Å²) in [5.74, 6) is -1.49. The third-order valence-electron chi connectivity index (χ3n) is 3.59. The number of aliphatic carboxylic acids is 1. The summed E-state index contributed by atoms with van der Waals surface area (Å²) in [6.45, 7) is 7.32. The van der Waals surface area contributed by atoms with E-state index in [4.69, 9.17) is 0 Å². The van der Waals surface area contributed by atoms with Crippen molar-refractivity contribution in [1.29, 1.82) is 0 Å². The van der Waals surface area contributed by atoms with Crippen molar-refractivity contribution in [2.75, 3.05) is 0 Å². The summed E-state index contributed by atoms with van der Waals surface area (Å²) in [5.41, 5.74) is 3.07. The van der Waals surface area contributed by atoms with Crippen molar-refractivity contribution in [3.05, 3.63) is 50.5 Å². The first-order valence-corrected chi connectivity index (χ1v) is 7.66. The fourth-order valence-electron chi connectivity index (χ4n) is 2.30. The average molecular weight is 318 g/mol. The van der Waals surface area contributed by atoms with E-state index in [9.17, 15) is 14.7 Å². The molecule has 5 nitrogen and oxygen atoms in total. The number of aryl methyl sites for hydroxylation is 3. The molecule has 0 spiro atoms. The van der Waals surface area contributed by atoms with Gasteiger partial charge >= 0.3 is 5.97 Å². The van der Waals surface area contributed by atoms with Crippen LogP contribution < -0.4 is 5.32 Å². The number of carboxylic acids is 1. The largest absolute Gasteiger partial charge is 0.479 e. The van der Waals surface area contributed by atoms with Crippen LogP contribution in [0.25, 0.3) is 0 Å². The average Bonchev–Trinajstić information content (AvgIpc) is 2.78. The Morgan fingerprint density at radius 1 is 1.23 bits per heavy atom. The molecule has 1 unspecified atom stereocenters. The maximum absolute atomic E-state index is 12.4. The zero-order valence-electron chi connectivity index (χ0n) is 12.9. The van der Waals surface area contributed by atoms with Gasteiger partial charge in [0.2, 0.25) is 0 Å². The molecule has 0 saturated carbocycles.